The maximum absolute atomic E-state index is 10.3. The van der Waals surface area contributed by atoms with Gasteiger partial charge >= 0.3 is 11.9 Å². The Morgan fingerprint density at radius 2 is 1.31 bits per heavy atom. The van der Waals surface area contributed by atoms with Gasteiger partial charge < -0.3 is 10.2 Å². The van der Waals surface area contributed by atoms with Crippen LogP contribution in [0, 0.1) is 0 Å². The summed E-state index contributed by atoms with van der Waals surface area (Å²) in [5.41, 5.74) is 0.360. The predicted octanol–water partition coefficient (Wildman–Crippen LogP) is 1.70. The number of hydrogen-bond donors (Lipinski definition) is 2. The summed E-state index contributed by atoms with van der Waals surface area (Å²) in [7, 11) is 0. The van der Waals surface area contributed by atoms with Gasteiger partial charge in [-0.05, 0) is 24.7 Å². The van der Waals surface area contributed by atoms with Gasteiger partial charge in [-0.3, -0.25) is 0 Å². The van der Waals surface area contributed by atoms with E-state index in [1.807, 2.05) is 0 Å². The van der Waals surface area contributed by atoms with E-state index in [1.165, 1.54) is 24.7 Å². The van der Waals surface area contributed by atoms with E-state index in [4.69, 9.17) is 10.2 Å². The van der Waals surface area contributed by atoms with Crippen LogP contribution < -0.4 is 0 Å². The SMILES string of the molecule is C/C(=C\S/C=C(\C)C(=O)O)C(=O)O. The zero-order chi connectivity index (χ0) is 10.4. The summed E-state index contributed by atoms with van der Waals surface area (Å²) in [6.45, 7) is 2.89. The summed E-state index contributed by atoms with van der Waals surface area (Å²) in [6.07, 6.45) is 0. The molecule has 5 heteroatoms. The van der Waals surface area contributed by atoms with E-state index < -0.39 is 11.9 Å². The first-order valence-corrected chi connectivity index (χ1v) is 4.35. The number of carbonyl (C=O) groups is 2. The van der Waals surface area contributed by atoms with Crippen molar-refractivity contribution < 1.29 is 19.8 Å². The van der Waals surface area contributed by atoms with Crippen molar-refractivity contribution in [3.05, 3.63) is 22.0 Å². The van der Waals surface area contributed by atoms with Crippen molar-refractivity contribution in [2.75, 3.05) is 0 Å². The van der Waals surface area contributed by atoms with Crippen LogP contribution in [-0.4, -0.2) is 22.2 Å². The predicted molar refractivity (Wildman–Crippen MR) is 50.4 cm³/mol. The van der Waals surface area contributed by atoms with Gasteiger partial charge in [0, 0.05) is 11.1 Å². The second kappa shape index (κ2) is 5.42. The van der Waals surface area contributed by atoms with E-state index in [0.717, 1.165) is 11.8 Å². The van der Waals surface area contributed by atoms with Crippen molar-refractivity contribution in [1.82, 2.24) is 0 Å². The number of hydrogen-bond acceptors (Lipinski definition) is 3. The molecular formula is C8H10O4S. The Hall–Kier alpha value is -1.23. The number of carboxylic acid groups (broad SMARTS) is 2. The first kappa shape index (κ1) is 11.8. The van der Waals surface area contributed by atoms with Gasteiger partial charge in [-0.2, -0.15) is 0 Å². The molecule has 0 aliphatic carbocycles. The summed E-state index contributed by atoms with van der Waals surface area (Å²) in [5.74, 6) is -2.01. The van der Waals surface area contributed by atoms with Gasteiger partial charge in [-0.1, -0.05) is 0 Å². The molecule has 0 fully saturated rings. The third-order valence-electron chi connectivity index (χ3n) is 1.16. The molecule has 0 atom stereocenters. The van der Waals surface area contributed by atoms with Crippen LogP contribution in [-0.2, 0) is 9.59 Å². The first-order valence-electron chi connectivity index (χ1n) is 3.40. The van der Waals surface area contributed by atoms with Crippen molar-refractivity contribution in [3.8, 4) is 0 Å². The van der Waals surface area contributed by atoms with Gasteiger partial charge in [0.2, 0.25) is 0 Å². The zero-order valence-electron chi connectivity index (χ0n) is 7.27. The highest BCUT2D eigenvalue weighted by Crippen LogP contribution is 2.11. The molecule has 0 bridgehead atoms. The lowest BCUT2D eigenvalue weighted by atomic mass is 10.4. The second-order valence-corrected chi connectivity index (χ2v) is 3.09. The largest absolute Gasteiger partial charge is 0.478 e. The average Bonchev–Trinajstić information content (AvgIpc) is 2.03. The first-order chi connectivity index (χ1) is 5.95. The Labute approximate surface area is 79.9 Å². The average molecular weight is 202 g/mol. The number of aliphatic carboxylic acids is 2. The highest BCUT2D eigenvalue weighted by atomic mass is 32.2. The molecule has 0 aromatic carbocycles. The van der Waals surface area contributed by atoms with Gasteiger partial charge in [0.1, 0.15) is 0 Å². The molecule has 0 amide bonds. The van der Waals surface area contributed by atoms with E-state index in [0.29, 0.717) is 0 Å². The van der Waals surface area contributed by atoms with Crippen LogP contribution >= 0.6 is 11.8 Å². The lowest BCUT2D eigenvalue weighted by Crippen LogP contribution is -1.95. The van der Waals surface area contributed by atoms with Crippen molar-refractivity contribution in [3.63, 3.8) is 0 Å². The Morgan fingerprint density at radius 1 is 1.00 bits per heavy atom. The normalized spacial score (nSPS) is 12.8. The zero-order valence-corrected chi connectivity index (χ0v) is 8.09. The van der Waals surface area contributed by atoms with Gasteiger partial charge in [0.05, 0.1) is 0 Å². The lowest BCUT2D eigenvalue weighted by Gasteiger charge is -1.91. The Balaban J connectivity index is 4.19. The molecule has 13 heavy (non-hydrogen) atoms. The molecule has 0 saturated carbocycles. The van der Waals surface area contributed by atoms with Crippen LogP contribution in [0.25, 0.3) is 0 Å². The number of carboxylic acids is 2. The van der Waals surface area contributed by atoms with E-state index in [2.05, 4.69) is 0 Å². The van der Waals surface area contributed by atoms with Crippen LogP contribution in [0.3, 0.4) is 0 Å². The Kier molecular flexibility index (Phi) is 4.91. The number of rotatable bonds is 4. The minimum Gasteiger partial charge on any atom is -0.478 e. The van der Waals surface area contributed by atoms with E-state index >= 15 is 0 Å². The fourth-order valence-corrected chi connectivity index (χ4v) is 1.02. The van der Waals surface area contributed by atoms with Crippen molar-refractivity contribution in [1.29, 1.82) is 0 Å². The monoisotopic (exact) mass is 202 g/mol. The van der Waals surface area contributed by atoms with E-state index in [1.54, 1.807) is 0 Å². The van der Waals surface area contributed by atoms with Crippen LogP contribution in [0.4, 0.5) is 0 Å². The van der Waals surface area contributed by atoms with Gasteiger partial charge in [0.15, 0.2) is 0 Å². The quantitative estimate of drug-likeness (QED) is 0.678. The molecule has 0 radical (unpaired) electrons. The van der Waals surface area contributed by atoms with Crippen LogP contribution in [0.15, 0.2) is 22.0 Å². The van der Waals surface area contributed by atoms with Crippen molar-refractivity contribution in [2.45, 2.75) is 13.8 Å². The molecule has 0 spiro atoms. The highest BCUT2D eigenvalue weighted by Gasteiger charge is 2.00. The standard InChI is InChI=1S/C8H10O4S/c1-5(7(9)10)3-13-4-6(2)8(11)12/h3-4H,1-2H3,(H,9,10)(H,11,12)/b5-3+,6-4+. The number of thioether (sulfide) groups is 1. The topological polar surface area (TPSA) is 74.6 Å². The molecule has 0 saturated heterocycles. The molecule has 0 aromatic rings. The van der Waals surface area contributed by atoms with Crippen LogP contribution in [0.5, 0.6) is 0 Å². The minimum absolute atomic E-state index is 0.180. The molecule has 0 heterocycles. The van der Waals surface area contributed by atoms with Gasteiger partial charge in [-0.25, -0.2) is 9.59 Å². The molecule has 0 aromatic heterocycles. The third-order valence-corrected chi connectivity index (χ3v) is 2.14. The van der Waals surface area contributed by atoms with Crippen molar-refractivity contribution >= 4 is 23.7 Å². The highest BCUT2D eigenvalue weighted by molar-refractivity contribution is 8.05. The van der Waals surface area contributed by atoms with Gasteiger partial charge in [-0.15, -0.1) is 11.8 Å². The van der Waals surface area contributed by atoms with Crippen LogP contribution in [0.2, 0.25) is 0 Å². The molecule has 0 aliphatic rings. The molecule has 4 nitrogen and oxygen atoms in total. The fraction of sp³-hybridized carbons (Fsp3) is 0.250. The molecule has 2 N–H and O–H groups in total. The van der Waals surface area contributed by atoms with Crippen molar-refractivity contribution in [2.24, 2.45) is 0 Å². The molecule has 0 aliphatic heterocycles. The Morgan fingerprint density at radius 3 is 1.54 bits per heavy atom. The van der Waals surface area contributed by atoms with E-state index in [-0.39, 0.29) is 11.1 Å². The third kappa shape index (κ3) is 5.08. The summed E-state index contributed by atoms with van der Waals surface area (Å²) in [6, 6.07) is 0. The van der Waals surface area contributed by atoms with Crippen LogP contribution in [0.1, 0.15) is 13.8 Å². The molecule has 72 valence electrons. The smallest absolute Gasteiger partial charge is 0.331 e. The maximum Gasteiger partial charge on any atom is 0.331 e. The van der Waals surface area contributed by atoms with Gasteiger partial charge in [0.25, 0.3) is 0 Å². The molecular weight excluding hydrogens is 192 g/mol. The summed E-state index contributed by atoms with van der Waals surface area (Å²) < 4.78 is 0. The summed E-state index contributed by atoms with van der Waals surface area (Å²) >= 11 is 1.04. The lowest BCUT2D eigenvalue weighted by molar-refractivity contribution is -0.133. The Bertz CT molecular complexity index is 250. The van der Waals surface area contributed by atoms with E-state index in [9.17, 15) is 9.59 Å². The minimum atomic E-state index is -1.01. The summed E-state index contributed by atoms with van der Waals surface area (Å²) in [5, 5.41) is 19.6. The second-order valence-electron chi connectivity index (χ2n) is 2.35. The molecule has 0 unspecified atom stereocenters. The summed E-state index contributed by atoms with van der Waals surface area (Å²) in [4.78, 5) is 20.6. The maximum atomic E-state index is 10.3. The molecule has 0 rings (SSSR count). The fourth-order valence-electron chi connectivity index (χ4n) is 0.339.